The quantitative estimate of drug-likeness (QED) is 0.606. The third-order valence-electron chi connectivity index (χ3n) is 4.55. The number of carbonyl (C=O) groups is 1. The Hall–Kier alpha value is -3.28. The molecule has 0 unspecified atom stereocenters. The average molecular weight is 376 g/mol. The van der Waals surface area contributed by atoms with Crippen LogP contribution < -0.4 is 5.56 Å². The van der Waals surface area contributed by atoms with E-state index in [4.69, 9.17) is 0 Å². The molecule has 0 aliphatic heterocycles. The molecule has 3 aromatic rings. The predicted octanol–water partition coefficient (Wildman–Crippen LogP) is 3.13. The SMILES string of the molecule is CCN(Cc1ccccc1)C(=O)CCCn1nc(-c2ccncc2)ccc1=O. The van der Waals surface area contributed by atoms with Gasteiger partial charge in [-0.05, 0) is 37.1 Å². The fourth-order valence-corrected chi connectivity index (χ4v) is 3.00. The first-order chi connectivity index (χ1) is 13.7. The summed E-state index contributed by atoms with van der Waals surface area (Å²) in [5.74, 6) is 0.0877. The van der Waals surface area contributed by atoms with Crippen molar-refractivity contribution in [1.82, 2.24) is 19.7 Å². The van der Waals surface area contributed by atoms with E-state index in [0.717, 1.165) is 11.1 Å². The van der Waals surface area contributed by atoms with E-state index in [-0.39, 0.29) is 11.5 Å². The molecule has 0 fully saturated rings. The minimum Gasteiger partial charge on any atom is -0.339 e. The molecule has 0 saturated carbocycles. The van der Waals surface area contributed by atoms with Crippen molar-refractivity contribution in [3.63, 3.8) is 0 Å². The number of carbonyl (C=O) groups excluding carboxylic acids is 1. The fraction of sp³-hybridized carbons (Fsp3) is 0.273. The van der Waals surface area contributed by atoms with Crippen molar-refractivity contribution >= 4 is 5.91 Å². The van der Waals surface area contributed by atoms with Crippen LogP contribution in [0.5, 0.6) is 0 Å². The highest BCUT2D eigenvalue weighted by Crippen LogP contribution is 2.13. The van der Waals surface area contributed by atoms with E-state index in [2.05, 4.69) is 10.1 Å². The molecule has 28 heavy (non-hydrogen) atoms. The van der Waals surface area contributed by atoms with Crippen LogP contribution in [-0.2, 0) is 17.9 Å². The molecule has 0 aliphatic carbocycles. The number of aromatic nitrogens is 3. The monoisotopic (exact) mass is 376 g/mol. The van der Waals surface area contributed by atoms with Crippen LogP contribution in [0.1, 0.15) is 25.3 Å². The summed E-state index contributed by atoms with van der Waals surface area (Å²) in [5, 5.41) is 4.42. The molecule has 0 spiro atoms. The summed E-state index contributed by atoms with van der Waals surface area (Å²) < 4.78 is 1.43. The Morgan fingerprint density at radius 2 is 1.79 bits per heavy atom. The van der Waals surface area contributed by atoms with Gasteiger partial charge in [-0.2, -0.15) is 5.10 Å². The third-order valence-corrected chi connectivity index (χ3v) is 4.55. The number of amides is 1. The highest BCUT2D eigenvalue weighted by atomic mass is 16.2. The summed E-state index contributed by atoms with van der Waals surface area (Å²) in [4.78, 5) is 30.5. The average Bonchev–Trinajstić information content (AvgIpc) is 2.74. The Balaban J connectivity index is 1.59. The zero-order valence-corrected chi connectivity index (χ0v) is 16.0. The van der Waals surface area contributed by atoms with Crippen molar-refractivity contribution in [1.29, 1.82) is 0 Å². The van der Waals surface area contributed by atoms with Crippen LogP contribution in [0.4, 0.5) is 0 Å². The summed E-state index contributed by atoms with van der Waals surface area (Å²) in [6, 6.07) is 16.9. The standard InChI is InChI=1S/C22H24N4O2/c1-2-25(17-18-7-4-3-5-8-18)21(27)9-6-16-26-22(28)11-10-20(24-26)19-12-14-23-15-13-19/h3-5,7-8,10-15H,2,6,9,16-17H2,1H3. The normalized spacial score (nSPS) is 10.6. The summed E-state index contributed by atoms with van der Waals surface area (Å²) in [6.45, 7) is 3.65. The van der Waals surface area contributed by atoms with Crippen LogP contribution in [0.15, 0.2) is 71.8 Å². The minimum atomic E-state index is -0.165. The van der Waals surface area contributed by atoms with Crippen LogP contribution in [0.25, 0.3) is 11.3 Å². The smallest absolute Gasteiger partial charge is 0.266 e. The number of nitrogens with zero attached hydrogens (tertiary/aromatic N) is 4. The zero-order chi connectivity index (χ0) is 19.8. The first-order valence-electron chi connectivity index (χ1n) is 9.47. The van der Waals surface area contributed by atoms with E-state index in [1.807, 2.05) is 54.3 Å². The summed E-state index contributed by atoms with van der Waals surface area (Å²) in [6.07, 6.45) is 4.33. The molecule has 0 aliphatic rings. The van der Waals surface area contributed by atoms with Crippen molar-refractivity contribution in [3.05, 3.63) is 82.9 Å². The molecule has 2 aromatic heterocycles. The molecule has 144 valence electrons. The molecule has 6 heteroatoms. The lowest BCUT2D eigenvalue weighted by Gasteiger charge is -2.21. The van der Waals surface area contributed by atoms with E-state index in [1.54, 1.807) is 18.5 Å². The van der Waals surface area contributed by atoms with Crippen LogP contribution in [0.2, 0.25) is 0 Å². The van der Waals surface area contributed by atoms with Gasteiger partial charge in [-0.3, -0.25) is 14.6 Å². The number of pyridine rings is 1. The molecular weight excluding hydrogens is 352 g/mol. The first kappa shape index (κ1) is 19.5. The molecule has 0 atom stereocenters. The van der Waals surface area contributed by atoms with E-state index < -0.39 is 0 Å². The maximum Gasteiger partial charge on any atom is 0.266 e. The molecule has 6 nitrogen and oxygen atoms in total. The number of aryl methyl sites for hydroxylation is 1. The van der Waals surface area contributed by atoms with E-state index in [1.165, 1.54) is 10.7 Å². The highest BCUT2D eigenvalue weighted by Gasteiger charge is 2.12. The topological polar surface area (TPSA) is 68.1 Å². The van der Waals surface area contributed by atoms with Gasteiger partial charge < -0.3 is 4.90 Å². The van der Waals surface area contributed by atoms with Crippen LogP contribution in [0, 0.1) is 0 Å². The van der Waals surface area contributed by atoms with Crippen molar-refractivity contribution in [2.45, 2.75) is 32.9 Å². The van der Waals surface area contributed by atoms with Gasteiger partial charge in [0, 0.05) is 50.1 Å². The fourth-order valence-electron chi connectivity index (χ4n) is 3.00. The van der Waals surface area contributed by atoms with Crippen LogP contribution in [-0.4, -0.2) is 32.1 Å². The molecule has 0 saturated heterocycles. The van der Waals surface area contributed by atoms with Gasteiger partial charge in [0.1, 0.15) is 0 Å². The predicted molar refractivity (Wildman–Crippen MR) is 108 cm³/mol. The Kier molecular flexibility index (Phi) is 6.68. The van der Waals surface area contributed by atoms with Crippen LogP contribution >= 0.6 is 0 Å². The molecular formula is C22H24N4O2. The lowest BCUT2D eigenvalue weighted by Crippen LogP contribution is -2.30. The molecule has 0 bridgehead atoms. The highest BCUT2D eigenvalue weighted by molar-refractivity contribution is 5.76. The van der Waals surface area contributed by atoms with Gasteiger partial charge in [0.25, 0.3) is 5.56 Å². The second-order valence-corrected chi connectivity index (χ2v) is 6.51. The summed E-state index contributed by atoms with van der Waals surface area (Å²) in [5.41, 5.74) is 2.56. The second kappa shape index (κ2) is 9.60. The Morgan fingerprint density at radius 1 is 1.04 bits per heavy atom. The second-order valence-electron chi connectivity index (χ2n) is 6.51. The lowest BCUT2D eigenvalue weighted by atomic mass is 10.2. The molecule has 2 heterocycles. The van der Waals surface area contributed by atoms with Gasteiger partial charge in [0.15, 0.2) is 0 Å². The molecule has 0 radical (unpaired) electrons. The Labute approximate surface area is 164 Å². The molecule has 3 rings (SSSR count). The van der Waals surface area contributed by atoms with E-state index in [0.29, 0.717) is 38.2 Å². The number of hydrogen-bond donors (Lipinski definition) is 0. The maximum atomic E-state index is 12.6. The zero-order valence-electron chi connectivity index (χ0n) is 16.0. The van der Waals surface area contributed by atoms with Crippen molar-refractivity contribution in [2.24, 2.45) is 0 Å². The van der Waals surface area contributed by atoms with Gasteiger partial charge in [-0.15, -0.1) is 0 Å². The van der Waals surface area contributed by atoms with Gasteiger partial charge >= 0.3 is 0 Å². The number of rotatable bonds is 8. The van der Waals surface area contributed by atoms with Crippen molar-refractivity contribution in [3.8, 4) is 11.3 Å². The minimum absolute atomic E-state index is 0.0877. The van der Waals surface area contributed by atoms with Gasteiger partial charge in [0.05, 0.1) is 5.69 Å². The van der Waals surface area contributed by atoms with E-state index in [9.17, 15) is 9.59 Å². The molecule has 1 aromatic carbocycles. The van der Waals surface area contributed by atoms with Crippen molar-refractivity contribution in [2.75, 3.05) is 6.54 Å². The largest absolute Gasteiger partial charge is 0.339 e. The lowest BCUT2D eigenvalue weighted by molar-refractivity contribution is -0.131. The Morgan fingerprint density at radius 3 is 2.50 bits per heavy atom. The van der Waals surface area contributed by atoms with Crippen molar-refractivity contribution < 1.29 is 4.79 Å². The third kappa shape index (κ3) is 5.13. The Bertz CT molecular complexity index is 955. The maximum absolute atomic E-state index is 12.6. The van der Waals surface area contributed by atoms with Gasteiger partial charge in [-0.1, -0.05) is 30.3 Å². The summed E-state index contributed by atoms with van der Waals surface area (Å²) in [7, 11) is 0. The van der Waals surface area contributed by atoms with Gasteiger partial charge in [0.2, 0.25) is 5.91 Å². The first-order valence-corrected chi connectivity index (χ1v) is 9.47. The molecule has 1 amide bonds. The number of benzene rings is 1. The summed E-state index contributed by atoms with van der Waals surface area (Å²) >= 11 is 0. The van der Waals surface area contributed by atoms with Gasteiger partial charge in [-0.25, -0.2) is 4.68 Å². The van der Waals surface area contributed by atoms with E-state index >= 15 is 0 Å². The van der Waals surface area contributed by atoms with Crippen LogP contribution in [0.3, 0.4) is 0 Å². The molecule has 0 N–H and O–H groups in total. The number of hydrogen-bond acceptors (Lipinski definition) is 4.